The minimum atomic E-state index is -0.222. The molecule has 3 aromatic rings. The van der Waals surface area contributed by atoms with Crippen molar-refractivity contribution >= 4 is 17.5 Å². The van der Waals surface area contributed by atoms with Gasteiger partial charge in [-0.2, -0.15) is 5.10 Å². The van der Waals surface area contributed by atoms with Crippen LogP contribution >= 0.6 is 0 Å². The maximum absolute atomic E-state index is 13.1. The van der Waals surface area contributed by atoms with E-state index in [1.165, 1.54) is 5.01 Å². The Hall–Kier alpha value is -3.87. The highest BCUT2D eigenvalue weighted by Crippen LogP contribution is 2.34. The Bertz CT molecular complexity index is 1090. The number of hydrazone groups is 1. The van der Waals surface area contributed by atoms with E-state index in [-0.39, 0.29) is 30.7 Å². The summed E-state index contributed by atoms with van der Waals surface area (Å²) < 4.78 is 10.5. The maximum Gasteiger partial charge on any atom is 0.243 e. The van der Waals surface area contributed by atoms with E-state index in [9.17, 15) is 9.59 Å². The summed E-state index contributed by atoms with van der Waals surface area (Å²) in [5, 5.41) is 9.02. The number of rotatable bonds is 9. The van der Waals surface area contributed by atoms with Crippen molar-refractivity contribution in [2.45, 2.75) is 31.7 Å². The summed E-state index contributed by atoms with van der Waals surface area (Å²) in [6.07, 6.45) is 3.03. The van der Waals surface area contributed by atoms with Crippen molar-refractivity contribution in [1.82, 2.24) is 10.3 Å². The van der Waals surface area contributed by atoms with E-state index in [0.29, 0.717) is 19.4 Å². The zero-order valence-electron chi connectivity index (χ0n) is 18.6. The number of hydrogen-bond acceptors (Lipinski definition) is 5. The Morgan fingerprint density at radius 1 is 1.06 bits per heavy atom. The summed E-state index contributed by atoms with van der Waals surface area (Å²) in [7, 11) is 1.62. The summed E-state index contributed by atoms with van der Waals surface area (Å²) in [6, 6.07) is 21.0. The van der Waals surface area contributed by atoms with Crippen LogP contribution in [0.1, 0.15) is 42.2 Å². The molecule has 1 unspecified atom stereocenters. The molecule has 0 aliphatic carbocycles. The molecular weight excluding hydrogens is 418 g/mol. The minimum Gasteiger partial charge on any atom is -0.497 e. The van der Waals surface area contributed by atoms with Crippen LogP contribution in [-0.4, -0.2) is 36.2 Å². The van der Waals surface area contributed by atoms with Gasteiger partial charge in [-0.3, -0.25) is 9.59 Å². The molecule has 1 N–H and O–H groups in total. The predicted octanol–water partition coefficient (Wildman–Crippen LogP) is 4.11. The van der Waals surface area contributed by atoms with Gasteiger partial charge in [0, 0.05) is 32.2 Å². The van der Waals surface area contributed by atoms with E-state index in [1.54, 1.807) is 13.4 Å². The molecule has 1 aliphatic heterocycles. The molecule has 0 spiro atoms. The standard InChI is InChI=1S/C26H27N3O4/c1-32-21-11-9-20(10-12-21)24-18-23(19-6-3-2-4-7-19)28-29(24)26(31)14-13-25(30)27-16-15-22-8-5-17-33-22/h2-12,17,24H,13-16,18H2,1H3,(H,27,30). The molecule has 0 saturated heterocycles. The summed E-state index contributed by atoms with van der Waals surface area (Å²) in [5.41, 5.74) is 2.82. The number of amides is 2. The fourth-order valence-electron chi connectivity index (χ4n) is 3.83. The van der Waals surface area contributed by atoms with Crippen LogP contribution in [0.25, 0.3) is 0 Å². The Morgan fingerprint density at radius 3 is 2.55 bits per heavy atom. The lowest BCUT2D eigenvalue weighted by atomic mass is 9.98. The molecule has 0 saturated carbocycles. The summed E-state index contributed by atoms with van der Waals surface area (Å²) in [4.78, 5) is 25.3. The Kier molecular flexibility index (Phi) is 7.19. The van der Waals surface area contributed by atoms with Gasteiger partial charge in [0.05, 0.1) is 25.1 Å². The lowest BCUT2D eigenvalue weighted by molar-refractivity contribution is -0.135. The van der Waals surface area contributed by atoms with Crippen molar-refractivity contribution in [2.75, 3.05) is 13.7 Å². The van der Waals surface area contributed by atoms with E-state index in [1.807, 2.05) is 66.7 Å². The highest BCUT2D eigenvalue weighted by molar-refractivity contribution is 6.03. The number of methoxy groups -OCH3 is 1. The molecule has 170 valence electrons. The Balaban J connectivity index is 1.41. The maximum atomic E-state index is 13.1. The predicted molar refractivity (Wildman–Crippen MR) is 125 cm³/mol. The fourth-order valence-corrected chi connectivity index (χ4v) is 3.83. The monoisotopic (exact) mass is 445 g/mol. The van der Waals surface area contributed by atoms with Crippen LogP contribution in [0.15, 0.2) is 82.5 Å². The van der Waals surface area contributed by atoms with Gasteiger partial charge in [0.2, 0.25) is 11.8 Å². The third kappa shape index (κ3) is 5.68. The van der Waals surface area contributed by atoms with Gasteiger partial charge < -0.3 is 14.5 Å². The number of benzene rings is 2. The molecule has 2 heterocycles. The van der Waals surface area contributed by atoms with Gasteiger partial charge in [0.25, 0.3) is 0 Å². The first kappa shape index (κ1) is 22.3. The van der Waals surface area contributed by atoms with Crippen LogP contribution in [0.4, 0.5) is 0 Å². The quantitative estimate of drug-likeness (QED) is 0.537. The normalized spacial score (nSPS) is 15.2. The number of hydrogen-bond donors (Lipinski definition) is 1. The van der Waals surface area contributed by atoms with Crippen LogP contribution in [-0.2, 0) is 16.0 Å². The van der Waals surface area contributed by atoms with Crippen LogP contribution < -0.4 is 10.1 Å². The first-order valence-electron chi connectivity index (χ1n) is 11.0. The van der Waals surface area contributed by atoms with E-state index < -0.39 is 0 Å². The van der Waals surface area contributed by atoms with Gasteiger partial charge in [0.15, 0.2) is 0 Å². The molecule has 2 aromatic carbocycles. The van der Waals surface area contributed by atoms with Crippen molar-refractivity contribution in [3.8, 4) is 5.75 Å². The number of carbonyl (C=O) groups excluding carboxylic acids is 2. The van der Waals surface area contributed by atoms with Gasteiger partial charge >= 0.3 is 0 Å². The first-order valence-corrected chi connectivity index (χ1v) is 11.0. The number of nitrogens with one attached hydrogen (secondary N) is 1. The zero-order chi connectivity index (χ0) is 23.0. The van der Waals surface area contributed by atoms with E-state index in [2.05, 4.69) is 10.4 Å². The number of nitrogens with zero attached hydrogens (tertiary/aromatic N) is 2. The molecule has 0 radical (unpaired) electrons. The molecule has 1 aliphatic rings. The molecule has 4 rings (SSSR count). The van der Waals surface area contributed by atoms with Gasteiger partial charge in [-0.05, 0) is 35.4 Å². The van der Waals surface area contributed by atoms with Crippen LogP contribution in [0.2, 0.25) is 0 Å². The lowest BCUT2D eigenvalue weighted by Gasteiger charge is -2.22. The molecule has 7 heteroatoms. The van der Waals surface area contributed by atoms with Gasteiger partial charge in [0.1, 0.15) is 11.5 Å². The van der Waals surface area contributed by atoms with Crippen molar-refractivity contribution in [3.63, 3.8) is 0 Å². The van der Waals surface area contributed by atoms with Gasteiger partial charge in [-0.25, -0.2) is 5.01 Å². The highest BCUT2D eigenvalue weighted by atomic mass is 16.5. The first-order chi connectivity index (χ1) is 16.1. The van der Waals surface area contributed by atoms with Crippen LogP contribution in [0, 0.1) is 0 Å². The summed E-state index contributed by atoms with van der Waals surface area (Å²) in [6.45, 7) is 0.467. The van der Waals surface area contributed by atoms with Crippen molar-refractivity contribution in [2.24, 2.45) is 5.10 Å². The fraction of sp³-hybridized carbons (Fsp3) is 0.269. The van der Waals surface area contributed by atoms with E-state index >= 15 is 0 Å². The Morgan fingerprint density at radius 2 is 1.85 bits per heavy atom. The third-order valence-electron chi connectivity index (χ3n) is 5.61. The van der Waals surface area contributed by atoms with Crippen molar-refractivity contribution in [3.05, 3.63) is 89.9 Å². The second-order valence-corrected chi connectivity index (χ2v) is 7.82. The molecule has 2 amide bonds. The highest BCUT2D eigenvalue weighted by Gasteiger charge is 2.33. The second kappa shape index (κ2) is 10.6. The molecular formula is C26H27N3O4. The molecule has 1 atom stereocenters. The van der Waals surface area contributed by atoms with E-state index in [0.717, 1.165) is 28.3 Å². The minimum absolute atomic E-state index is 0.0881. The number of carbonyl (C=O) groups is 2. The molecule has 33 heavy (non-hydrogen) atoms. The van der Waals surface area contributed by atoms with Crippen molar-refractivity contribution < 1.29 is 18.7 Å². The molecule has 0 bridgehead atoms. The SMILES string of the molecule is COc1ccc(C2CC(c3ccccc3)=NN2C(=O)CCC(=O)NCCc2ccco2)cc1. The average molecular weight is 446 g/mol. The Labute approximate surface area is 193 Å². The van der Waals surface area contributed by atoms with Crippen LogP contribution in [0.3, 0.4) is 0 Å². The van der Waals surface area contributed by atoms with E-state index in [4.69, 9.17) is 9.15 Å². The summed E-state index contributed by atoms with van der Waals surface area (Å²) >= 11 is 0. The largest absolute Gasteiger partial charge is 0.497 e. The zero-order valence-corrected chi connectivity index (χ0v) is 18.6. The molecule has 7 nitrogen and oxygen atoms in total. The average Bonchev–Trinajstić information content (AvgIpc) is 3.54. The topological polar surface area (TPSA) is 84.1 Å². The number of ether oxygens (including phenoxy) is 1. The summed E-state index contributed by atoms with van der Waals surface area (Å²) in [5.74, 6) is 1.23. The van der Waals surface area contributed by atoms with Crippen molar-refractivity contribution in [1.29, 1.82) is 0 Å². The number of furan rings is 1. The van der Waals surface area contributed by atoms with Crippen LogP contribution in [0.5, 0.6) is 5.75 Å². The lowest BCUT2D eigenvalue weighted by Crippen LogP contribution is -2.30. The smallest absolute Gasteiger partial charge is 0.243 e. The third-order valence-corrected chi connectivity index (χ3v) is 5.61. The molecule has 1 aromatic heterocycles. The van der Waals surface area contributed by atoms with Gasteiger partial charge in [-0.1, -0.05) is 42.5 Å². The molecule has 0 fully saturated rings. The second-order valence-electron chi connectivity index (χ2n) is 7.82. The van der Waals surface area contributed by atoms with Gasteiger partial charge in [-0.15, -0.1) is 0 Å².